The number of nitrogens with one attached hydrogen (secondary N) is 2. The van der Waals surface area contributed by atoms with Gasteiger partial charge in [0.15, 0.2) is 0 Å². The number of piperazine rings is 1. The molecule has 3 rings (SSSR count). The number of anilines is 1. The van der Waals surface area contributed by atoms with Gasteiger partial charge in [-0.3, -0.25) is 19.2 Å². The van der Waals surface area contributed by atoms with Crippen molar-refractivity contribution in [1.82, 2.24) is 15.1 Å². The molecule has 0 unspecified atom stereocenters. The summed E-state index contributed by atoms with van der Waals surface area (Å²) in [4.78, 5) is 28.2. The second-order valence-electron chi connectivity index (χ2n) is 7.76. The van der Waals surface area contributed by atoms with E-state index in [4.69, 9.17) is 0 Å². The first kappa shape index (κ1) is 24.4. The fourth-order valence-electron chi connectivity index (χ4n) is 3.41. The van der Waals surface area contributed by atoms with Crippen LogP contribution in [-0.4, -0.2) is 69.3 Å². The van der Waals surface area contributed by atoms with E-state index in [1.807, 2.05) is 4.90 Å². The SMILES string of the molecule is C=CCNC(=O)CN1CCN(C(=O)c2cccc(NS(=O)(=O)c3ccc(C)c(F)c3)c2)CC1. The number of benzene rings is 2. The molecule has 1 heterocycles. The van der Waals surface area contributed by atoms with Crippen molar-refractivity contribution in [2.45, 2.75) is 11.8 Å². The summed E-state index contributed by atoms with van der Waals surface area (Å²) < 4.78 is 41.4. The number of sulfonamides is 1. The third kappa shape index (κ3) is 6.39. The summed E-state index contributed by atoms with van der Waals surface area (Å²) in [5.41, 5.74) is 0.890. The summed E-state index contributed by atoms with van der Waals surface area (Å²) in [5, 5.41) is 2.73. The number of aryl methyl sites for hydroxylation is 1. The summed E-state index contributed by atoms with van der Waals surface area (Å²) >= 11 is 0. The van der Waals surface area contributed by atoms with Gasteiger partial charge in [-0.25, -0.2) is 12.8 Å². The summed E-state index contributed by atoms with van der Waals surface area (Å²) in [7, 11) is -4.01. The van der Waals surface area contributed by atoms with Crippen LogP contribution in [0.2, 0.25) is 0 Å². The molecule has 2 amide bonds. The largest absolute Gasteiger partial charge is 0.352 e. The average Bonchev–Trinajstić information content (AvgIpc) is 2.79. The Balaban J connectivity index is 1.62. The van der Waals surface area contributed by atoms with Gasteiger partial charge in [0.1, 0.15) is 5.82 Å². The maximum absolute atomic E-state index is 13.8. The molecule has 8 nitrogen and oxygen atoms in total. The predicted octanol–water partition coefficient (Wildman–Crippen LogP) is 1.99. The Morgan fingerprint density at radius 1 is 1.12 bits per heavy atom. The minimum atomic E-state index is -4.01. The first-order chi connectivity index (χ1) is 15.7. The maximum Gasteiger partial charge on any atom is 0.261 e. The molecule has 0 aliphatic carbocycles. The molecular formula is C23H27FN4O4S. The van der Waals surface area contributed by atoms with Crippen LogP contribution in [0.1, 0.15) is 15.9 Å². The van der Waals surface area contributed by atoms with Crippen LogP contribution in [0.5, 0.6) is 0 Å². The molecule has 33 heavy (non-hydrogen) atoms. The zero-order chi connectivity index (χ0) is 24.0. The summed E-state index contributed by atoms with van der Waals surface area (Å²) in [6, 6.07) is 9.86. The first-order valence-electron chi connectivity index (χ1n) is 10.5. The highest BCUT2D eigenvalue weighted by Gasteiger charge is 2.24. The lowest BCUT2D eigenvalue weighted by Gasteiger charge is -2.34. The number of halogens is 1. The van der Waals surface area contributed by atoms with Crippen LogP contribution in [0.25, 0.3) is 0 Å². The van der Waals surface area contributed by atoms with Crippen molar-refractivity contribution in [2.75, 3.05) is 44.0 Å². The zero-order valence-electron chi connectivity index (χ0n) is 18.4. The molecule has 10 heteroatoms. The van der Waals surface area contributed by atoms with E-state index in [1.165, 1.54) is 24.3 Å². The van der Waals surface area contributed by atoms with Crippen molar-refractivity contribution in [2.24, 2.45) is 0 Å². The smallest absolute Gasteiger partial charge is 0.261 e. The normalized spacial score (nSPS) is 14.5. The third-order valence-electron chi connectivity index (χ3n) is 5.29. The van der Waals surface area contributed by atoms with Gasteiger partial charge in [-0.2, -0.15) is 0 Å². The maximum atomic E-state index is 13.8. The van der Waals surface area contributed by atoms with Crippen LogP contribution < -0.4 is 10.0 Å². The molecule has 176 valence electrons. The van der Waals surface area contributed by atoms with Crippen molar-refractivity contribution >= 4 is 27.5 Å². The Morgan fingerprint density at radius 3 is 2.52 bits per heavy atom. The van der Waals surface area contributed by atoms with Crippen LogP contribution in [0.3, 0.4) is 0 Å². The van der Waals surface area contributed by atoms with Gasteiger partial charge in [0.05, 0.1) is 11.4 Å². The number of carbonyl (C=O) groups is 2. The van der Waals surface area contributed by atoms with E-state index in [0.717, 1.165) is 6.07 Å². The summed E-state index contributed by atoms with van der Waals surface area (Å²) in [5.74, 6) is -0.935. The van der Waals surface area contributed by atoms with Gasteiger partial charge >= 0.3 is 0 Å². The van der Waals surface area contributed by atoms with Crippen molar-refractivity contribution < 1.29 is 22.4 Å². The lowest BCUT2D eigenvalue weighted by atomic mass is 10.1. The highest BCUT2D eigenvalue weighted by atomic mass is 32.2. The molecule has 0 radical (unpaired) electrons. The molecule has 0 spiro atoms. The number of amides is 2. The number of hydrogen-bond donors (Lipinski definition) is 2. The van der Waals surface area contributed by atoms with Gasteiger partial charge in [-0.05, 0) is 42.8 Å². The molecule has 0 saturated carbocycles. The summed E-state index contributed by atoms with van der Waals surface area (Å²) in [6.45, 7) is 7.79. The average molecular weight is 475 g/mol. The fraction of sp³-hybridized carbons (Fsp3) is 0.304. The molecule has 1 aliphatic rings. The lowest BCUT2D eigenvalue weighted by Crippen LogP contribution is -2.51. The standard InChI is InChI=1S/C23H27FN4O4S/c1-3-9-25-22(29)16-27-10-12-28(13-11-27)23(30)18-5-4-6-19(14-18)26-33(31,32)20-8-7-17(2)21(24)15-20/h3-8,14-15,26H,1,9-13,16H2,2H3,(H,25,29). The van der Waals surface area contributed by atoms with E-state index < -0.39 is 15.8 Å². The van der Waals surface area contributed by atoms with Crippen LogP contribution in [-0.2, 0) is 14.8 Å². The van der Waals surface area contributed by atoms with E-state index in [9.17, 15) is 22.4 Å². The number of carbonyl (C=O) groups excluding carboxylic acids is 2. The van der Waals surface area contributed by atoms with Gasteiger partial charge in [0, 0.05) is 44.0 Å². The topological polar surface area (TPSA) is 98.8 Å². The molecule has 2 aromatic rings. The van der Waals surface area contributed by atoms with E-state index >= 15 is 0 Å². The van der Waals surface area contributed by atoms with Crippen molar-refractivity contribution in [3.63, 3.8) is 0 Å². The quantitative estimate of drug-likeness (QED) is 0.571. The third-order valence-corrected chi connectivity index (χ3v) is 6.66. The Kier molecular flexibility index (Phi) is 7.83. The van der Waals surface area contributed by atoms with Crippen molar-refractivity contribution in [3.8, 4) is 0 Å². The molecule has 2 aromatic carbocycles. The van der Waals surface area contributed by atoms with Crippen LogP contribution in [0.15, 0.2) is 60.0 Å². The van der Waals surface area contributed by atoms with Crippen LogP contribution >= 0.6 is 0 Å². The number of hydrogen-bond acceptors (Lipinski definition) is 5. The molecule has 1 saturated heterocycles. The van der Waals surface area contributed by atoms with Crippen LogP contribution in [0.4, 0.5) is 10.1 Å². The van der Waals surface area contributed by atoms with Gasteiger partial charge in [0.2, 0.25) is 5.91 Å². The van der Waals surface area contributed by atoms with Crippen molar-refractivity contribution in [1.29, 1.82) is 0 Å². The zero-order valence-corrected chi connectivity index (χ0v) is 19.2. The van der Waals surface area contributed by atoms with E-state index in [-0.39, 0.29) is 28.9 Å². The van der Waals surface area contributed by atoms with E-state index in [0.29, 0.717) is 43.9 Å². The lowest BCUT2D eigenvalue weighted by molar-refractivity contribution is -0.122. The van der Waals surface area contributed by atoms with Crippen LogP contribution in [0, 0.1) is 12.7 Å². The molecular weight excluding hydrogens is 447 g/mol. The highest BCUT2D eigenvalue weighted by Crippen LogP contribution is 2.20. The molecule has 0 bridgehead atoms. The highest BCUT2D eigenvalue weighted by molar-refractivity contribution is 7.92. The van der Waals surface area contributed by atoms with Gasteiger partial charge in [-0.15, -0.1) is 6.58 Å². The molecule has 1 fully saturated rings. The number of rotatable bonds is 8. The van der Waals surface area contributed by atoms with Gasteiger partial charge < -0.3 is 10.2 Å². The van der Waals surface area contributed by atoms with Gasteiger partial charge in [-0.1, -0.05) is 18.2 Å². The minimum absolute atomic E-state index is 0.0943. The van der Waals surface area contributed by atoms with E-state index in [2.05, 4.69) is 16.6 Å². The molecule has 0 aromatic heterocycles. The Morgan fingerprint density at radius 2 is 1.85 bits per heavy atom. The first-order valence-corrected chi connectivity index (χ1v) is 12.0. The Bertz CT molecular complexity index is 1140. The van der Waals surface area contributed by atoms with E-state index in [1.54, 1.807) is 30.0 Å². The Labute approximate surface area is 193 Å². The molecule has 2 N–H and O–H groups in total. The second-order valence-corrected chi connectivity index (χ2v) is 9.44. The fourth-order valence-corrected chi connectivity index (χ4v) is 4.47. The van der Waals surface area contributed by atoms with Gasteiger partial charge in [0.25, 0.3) is 15.9 Å². The molecule has 1 aliphatic heterocycles. The second kappa shape index (κ2) is 10.6. The monoisotopic (exact) mass is 474 g/mol. The minimum Gasteiger partial charge on any atom is -0.352 e. The number of nitrogens with zero attached hydrogens (tertiary/aromatic N) is 2. The predicted molar refractivity (Wildman–Crippen MR) is 124 cm³/mol. The summed E-state index contributed by atoms with van der Waals surface area (Å²) in [6.07, 6.45) is 1.61. The molecule has 0 atom stereocenters. The van der Waals surface area contributed by atoms with Crippen molar-refractivity contribution in [3.05, 3.63) is 72.1 Å². The Hall–Kier alpha value is -3.24.